The molecule has 0 bridgehead atoms. The van der Waals surface area contributed by atoms with Crippen LogP contribution in [-0.4, -0.2) is 47.0 Å². The number of carbonyl (C=O) groups is 3. The average Bonchev–Trinajstić information content (AvgIpc) is 3.16. The molecule has 10 heteroatoms. The Morgan fingerprint density at radius 2 is 1.56 bits per heavy atom. The normalized spacial score (nSPS) is 10.6. The lowest BCUT2D eigenvalue weighted by atomic mass is 10.2. The minimum absolute atomic E-state index is 0.318. The number of nitrogens with one attached hydrogen (secondary N) is 3. The standard InChI is InChI=1S/C24H29N5O5/c1-5-29-15(4)26-18-12-16(8-10-19(18)29)24(32)28-27-22(30)14-25-23(31)17-9-11-20(33-6-2)21(13-17)34-7-3/h8-13H,5-7,14H2,1-4H3,(H,25,31)(H,27,30)(H,28,32). The Kier molecular flexibility index (Phi) is 8.07. The van der Waals surface area contributed by atoms with Gasteiger partial charge >= 0.3 is 0 Å². The molecule has 0 unspecified atom stereocenters. The fraction of sp³-hybridized carbons (Fsp3) is 0.333. The molecule has 34 heavy (non-hydrogen) atoms. The number of carbonyl (C=O) groups excluding carboxylic acids is 3. The first-order chi connectivity index (χ1) is 16.4. The van der Waals surface area contributed by atoms with E-state index < -0.39 is 17.7 Å². The van der Waals surface area contributed by atoms with Crippen LogP contribution >= 0.6 is 0 Å². The topological polar surface area (TPSA) is 124 Å². The van der Waals surface area contributed by atoms with E-state index >= 15 is 0 Å². The Morgan fingerprint density at radius 1 is 0.882 bits per heavy atom. The lowest BCUT2D eigenvalue weighted by Crippen LogP contribution is -2.46. The summed E-state index contributed by atoms with van der Waals surface area (Å²) in [7, 11) is 0. The number of aryl methyl sites for hydroxylation is 2. The molecule has 0 fully saturated rings. The van der Waals surface area contributed by atoms with Crippen molar-refractivity contribution in [3.05, 3.63) is 53.3 Å². The predicted octanol–water partition coefficient (Wildman–Crippen LogP) is 2.35. The van der Waals surface area contributed by atoms with Gasteiger partial charge in [0.05, 0.1) is 30.8 Å². The summed E-state index contributed by atoms with van der Waals surface area (Å²) in [4.78, 5) is 41.4. The van der Waals surface area contributed by atoms with Gasteiger partial charge in [-0.05, 0) is 64.1 Å². The van der Waals surface area contributed by atoms with Gasteiger partial charge in [-0.15, -0.1) is 0 Å². The summed E-state index contributed by atoms with van der Waals surface area (Å²) in [5.74, 6) is 0.321. The molecule has 10 nitrogen and oxygen atoms in total. The molecule has 3 N–H and O–H groups in total. The van der Waals surface area contributed by atoms with Gasteiger partial charge in [0.2, 0.25) is 0 Å². The maximum Gasteiger partial charge on any atom is 0.269 e. The Morgan fingerprint density at radius 3 is 2.26 bits per heavy atom. The second-order valence-electron chi connectivity index (χ2n) is 7.32. The lowest BCUT2D eigenvalue weighted by molar-refractivity contribution is -0.120. The number of imidazole rings is 1. The molecule has 0 aliphatic rings. The minimum atomic E-state index is -0.579. The molecule has 1 aromatic heterocycles. The number of nitrogens with zero attached hydrogens (tertiary/aromatic N) is 2. The van der Waals surface area contributed by atoms with Gasteiger partial charge in [-0.2, -0.15) is 0 Å². The Bertz CT molecular complexity index is 1200. The number of amides is 3. The van der Waals surface area contributed by atoms with Crippen LogP contribution in [0.3, 0.4) is 0 Å². The molecule has 0 aliphatic heterocycles. The van der Waals surface area contributed by atoms with Crippen LogP contribution < -0.4 is 25.6 Å². The molecule has 2 aromatic carbocycles. The second-order valence-corrected chi connectivity index (χ2v) is 7.32. The second kappa shape index (κ2) is 11.2. The summed E-state index contributed by atoms with van der Waals surface area (Å²) in [6, 6.07) is 9.94. The molecule has 1 heterocycles. The summed E-state index contributed by atoms with van der Waals surface area (Å²) in [6.45, 7) is 8.95. The highest BCUT2D eigenvalue weighted by atomic mass is 16.5. The summed E-state index contributed by atoms with van der Waals surface area (Å²) in [5.41, 5.74) is 6.96. The van der Waals surface area contributed by atoms with Crippen molar-refractivity contribution in [1.82, 2.24) is 25.7 Å². The van der Waals surface area contributed by atoms with Gasteiger partial charge in [-0.1, -0.05) is 0 Å². The van der Waals surface area contributed by atoms with Gasteiger partial charge in [-0.25, -0.2) is 4.98 Å². The van der Waals surface area contributed by atoms with Crippen LogP contribution in [0.15, 0.2) is 36.4 Å². The molecule has 0 aliphatic carbocycles. The van der Waals surface area contributed by atoms with E-state index in [2.05, 4.69) is 21.2 Å². The van der Waals surface area contributed by atoms with Gasteiger partial charge < -0.3 is 19.4 Å². The summed E-state index contributed by atoms with van der Waals surface area (Å²) >= 11 is 0. The quantitative estimate of drug-likeness (QED) is 0.415. The highest BCUT2D eigenvalue weighted by Gasteiger charge is 2.14. The fourth-order valence-corrected chi connectivity index (χ4v) is 3.49. The van der Waals surface area contributed by atoms with E-state index in [1.54, 1.807) is 30.3 Å². The van der Waals surface area contributed by atoms with E-state index in [0.717, 1.165) is 17.9 Å². The molecule has 3 rings (SSSR count). The van der Waals surface area contributed by atoms with Crippen molar-refractivity contribution >= 4 is 28.8 Å². The van der Waals surface area contributed by atoms with Crippen LogP contribution in [0.25, 0.3) is 11.0 Å². The third kappa shape index (κ3) is 5.64. The van der Waals surface area contributed by atoms with E-state index in [-0.39, 0.29) is 6.54 Å². The Hall–Kier alpha value is -4.08. The largest absolute Gasteiger partial charge is 0.490 e. The Labute approximate surface area is 197 Å². The number of hydrogen-bond donors (Lipinski definition) is 3. The van der Waals surface area contributed by atoms with Crippen LogP contribution in [0.2, 0.25) is 0 Å². The maximum atomic E-state index is 12.4. The smallest absolute Gasteiger partial charge is 0.269 e. The number of fused-ring (bicyclic) bond motifs is 1. The van der Waals surface area contributed by atoms with Crippen LogP contribution in [0, 0.1) is 6.92 Å². The SMILES string of the molecule is CCOc1ccc(C(=O)NCC(=O)NNC(=O)c2ccc3c(c2)nc(C)n3CC)cc1OCC. The average molecular weight is 468 g/mol. The molecule has 0 atom stereocenters. The van der Waals surface area contributed by atoms with Crippen molar-refractivity contribution < 1.29 is 23.9 Å². The molecule has 180 valence electrons. The minimum Gasteiger partial charge on any atom is -0.490 e. The summed E-state index contributed by atoms with van der Waals surface area (Å²) in [5, 5.41) is 2.51. The van der Waals surface area contributed by atoms with E-state index in [4.69, 9.17) is 9.47 Å². The first-order valence-corrected chi connectivity index (χ1v) is 11.1. The van der Waals surface area contributed by atoms with Gasteiger partial charge in [0, 0.05) is 17.7 Å². The van der Waals surface area contributed by atoms with Crippen LogP contribution in [-0.2, 0) is 11.3 Å². The van der Waals surface area contributed by atoms with E-state index in [1.807, 2.05) is 38.3 Å². The third-order valence-electron chi connectivity index (χ3n) is 5.05. The monoisotopic (exact) mass is 467 g/mol. The van der Waals surface area contributed by atoms with E-state index in [0.29, 0.717) is 41.4 Å². The molecule has 3 amide bonds. The number of ether oxygens (including phenoxy) is 2. The molecule has 0 saturated heterocycles. The highest BCUT2D eigenvalue weighted by molar-refractivity contribution is 5.99. The number of benzene rings is 2. The third-order valence-corrected chi connectivity index (χ3v) is 5.05. The lowest BCUT2D eigenvalue weighted by Gasteiger charge is -2.12. The molecule has 0 spiro atoms. The molecular weight excluding hydrogens is 438 g/mol. The number of rotatable bonds is 9. The zero-order valence-corrected chi connectivity index (χ0v) is 19.7. The van der Waals surface area contributed by atoms with Crippen molar-refractivity contribution in [2.75, 3.05) is 19.8 Å². The van der Waals surface area contributed by atoms with Gasteiger partial charge in [0.15, 0.2) is 11.5 Å². The van der Waals surface area contributed by atoms with Gasteiger partial charge in [-0.3, -0.25) is 25.2 Å². The van der Waals surface area contributed by atoms with Gasteiger partial charge in [0.25, 0.3) is 17.7 Å². The van der Waals surface area contributed by atoms with Crippen LogP contribution in [0.1, 0.15) is 47.3 Å². The highest BCUT2D eigenvalue weighted by Crippen LogP contribution is 2.28. The van der Waals surface area contributed by atoms with Crippen molar-refractivity contribution in [2.45, 2.75) is 34.2 Å². The number of hydrazine groups is 1. The fourth-order valence-electron chi connectivity index (χ4n) is 3.49. The zero-order chi connectivity index (χ0) is 24.7. The Balaban J connectivity index is 1.54. The van der Waals surface area contributed by atoms with Crippen molar-refractivity contribution in [2.24, 2.45) is 0 Å². The van der Waals surface area contributed by atoms with Crippen molar-refractivity contribution in [3.63, 3.8) is 0 Å². The summed E-state index contributed by atoms with van der Waals surface area (Å²) < 4.78 is 13.0. The van der Waals surface area contributed by atoms with Crippen LogP contribution in [0.4, 0.5) is 0 Å². The molecule has 3 aromatic rings. The number of aromatic nitrogens is 2. The maximum absolute atomic E-state index is 12.4. The first-order valence-electron chi connectivity index (χ1n) is 11.1. The van der Waals surface area contributed by atoms with Crippen molar-refractivity contribution in [1.29, 1.82) is 0 Å². The van der Waals surface area contributed by atoms with Crippen LogP contribution in [0.5, 0.6) is 11.5 Å². The van der Waals surface area contributed by atoms with E-state index in [9.17, 15) is 14.4 Å². The zero-order valence-electron chi connectivity index (χ0n) is 19.7. The summed E-state index contributed by atoms with van der Waals surface area (Å²) in [6.07, 6.45) is 0. The van der Waals surface area contributed by atoms with E-state index in [1.165, 1.54) is 0 Å². The van der Waals surface area contributed by atoms with Gasteiger partial charge in [0.1, 0.15) is 5.82 Å². The molecule has 0 saturated carbocycles. The van der Waals surface area contributed by atoms with Crippen molar-refractivity contribution in [3.8, 4) is 11.5 Å². The first kappa shape index (κ1) is 24.6. The molecule has 0 radical (unpaired) electrons. The molecular formula is C24H29N5O5. The number of hydrogen-bond acceptors (Lipinski definition) is 6. The predicted molar refractivity (Wildman–Crippen MR) is 127 cm³/mol.